The Hall–Kier alpha value is -3.72. The normalized spacial score (nSPS) is 12.1. The van der Waals surface area contributed by atoms with E-state index >= 15 is 0 Å². The van der Waals surface area contributed by atoms with Crippen LogP contribution in [-0.4, -0.2) is 47.1 Å². The molecule has 0 fully saturated rings. The average Bonchev–Trinajstić information content (AvgIpc) is 3.49. The highest BCUT2D eigenvalue weighted by atomic mass is 32.2. The minimum Gasteiger partial charge on any atom is -0.493 e. The van der Waals surface area contributed by atoms with Gasteiger partial charge in [0.05, 0.1) is 12.0 Å². The van der Waals surface area contributed by atoms with Gasteiger partial charge in [0.1, 0.15) is 17.1 Å². The summed E-state index contributed by atoms with van der Waals surface area (Å²) in [7, 11) is -6.32. The van der Waals surface area contributed by atoms with E-state index in [0.717, 1.165) is 23.2 Å². The molecule has 0 unspecified atom stereocenters. The number of para-hydroxylation sites is 2. The molecule has 0 saturated carbocycles. The second-order valence-electron chi connectivity index (χ2n) is 9.67. The smallest absolute Gasteiger partial charge is 0.263 e. The van der Waals surface area contributed by atoms with Crippen LogP contribution in [0.25, 0.3) is 0 Å². The lowest BCUT2D eigenvalue weighted by molar-refractivity contribution is 0.291. The number of methoxy groups -OCH3 is 1. The Morgan fingerprint density at radius 3 is 2.22 bits per heavy atom. The fourth-order valence-electron chi connectivity index (χ4n) is 3.57. The van der Waals surface area contributed by atoms with Crippen molar-refractivity contribution in [3.05, 3.63) is 77.9 Å². The molecule has 2 aromatic heterocycles. The summed E-state index contributed by atoms with van der Waals surface area (Å²) in [6.45, 7) is 5.88. The van der Waals surface area contributed by atoms with Crippen molar-refractivity contribution >= 4 is 37.2 Å². The minimum absolute atomic E-state index is 0.0257. The molecule has 0 spiro atoms. The van der Waals surface area contributed by atoms with E-state index in [1.807, 2.05) is 20.8 Å². The van der Waals surface area contributed by atoms with Crippen LogP contribution in [-0.2, 0) is 25.5 Å². The number of nitrogens with zero attached hydrogens (tertiary/aromatic N) is 2. The van der Waals surface area contributed by atoms with Crippen molar-refractivity contribution in [2.75, 3.05) is 25.0 Å². The zero-order valence-corrected chi connectivity index (χ0v) is 25.3. The van der Waals surface area contributed by atoms with Gasteiger partial charge in [-0.15, -0.1) is 11.3 Å². The van der Waals surface area contributed by atoms with Gasteiger partial charge in [-0.3, -0.25) is 4.72 Å². The Balaban J connectivity index is 1.61. The maximum Gasteiger partial charge on any atom is 0.263 e. The summed E-state index contributed by atoms with van der Waals surface area (Å²) in [5, 5.41) is 1.66. The lowest BCUT2D eigenvalue weighted by Crippen LogP contribution is -2.27. The Morgan fingerprint density at radius 2 is 1.59 bits per heavy atom. The lowest BCUT2D eigenvalue weighted by atomic mass is 9.87. The summed E-state index contributed by atoms with van der Waals surface area (Å²) < 4.78 is 73.6. The van der Waals surface area contributed by atoms with Gasteiger partial charge in [-0.1, -0.05) is 51.1 Å². The molecule has 14 heteroatoms. The predicted octanol–water partition coefficient (Wildman–Crippen LogP) is 4.79. The molecule has 0 aliphatic rings. The van der Waals surface area contributed by atoms with E-state index in [1.165, 1.54) is 25.3 Å². The molecule has 2 N–H and O–H groups in total. The summed E-state index contributed by atoms with van der Waals surface area (Å²) in [6, 6.07) is 16.4. The van der Waals surface area contributed by atoms with Gasteiger partial charge in [0.15, 0.2) is 17.3 Å². The first-order valence-corrected chi connectivity index (χ1v) is 16.2. The zero-order valence-electron chi connectivity index (χ0n) is 22.8. The number of hydrogen-bond acceptors (Lipinski definition) is 10. The van der Waals surface area contributed by atoms with Crippen LogP contribution in [0.15, 0.2) is 81.5 Å². The molecule has 4 rings (SSSR count). The maximum absolute atomic E-state index is 13.3. The quantitative estimate of drug-likeness (QED) is 0.214. The SMILES string of the molecule is COc1ccccc1Oc1c(NS(=O)(=O)c2ccc(C(C)(C)C)cc2)ncnc1OCCNS(=O)(=O)c1cccs1. The van der Waals surface area contributed by atoms with Crippen LogP contribution in [0.3, 0.4) is 0 Å². The van der Waals surface area contributed by atoms with Gasteiger partial charge >= 0.3 is 0 Å². The van der Waals surface area contributed by atoms with Crippen molar-refractivity contribution in [2.24, 2.45) is 0 Å². The second-order valence-corrected chi connectivity index (χ2v) is 14.3. The molecular formula is C27H30N4O7S3. The predicted molar refractivity (Wildman–Crippen MR) is 156 cm³/mol. The van der Waals surface area contributed by atoms with E-state index in [-0.39, 0.29) is 50.9 Å². The number of ether oxygens (including phenoxy) is 3. The third-order valence-electron chi connectivity index (χ3n) is 5.71. The molecule has 0 aliphatic carbocycles. The number of benzene rings is 2. The fraction of sp³-hybridized carbons (Fsp3) is 0.259. The van der Waals surface area contributed by atoms with Gasteiger partial charge in [0.25, 0.3) is 15.9 Å². The van der Waals surface area contributed by atoms with Crippen LogP contribution in [0.4, 0.5) is 5.82 Å². The van der Waals surface area contributed by atoms with Crippen LogP contribution in [0.5, 0.6) is 23.1 Å². The van der Waals surface area contributed by atoms with E-state index in [2.05, 4.69) is 19.4 Å². The van der Waals surface area contributed by atoms with Crippen LogP contribution >= 0.6 is 11.3 Å². The average molecular weight is 619 g/mol. The highest BCUT2D eigenvalue weighted by Crippen LogP contribution is 2.40. The van der Waals surface area contributed by atoms with Crippen molar-refractivity contribution in [3.63, 3.8) is 0 Å². The van der Waals surface area contributed by atoms with Gasteiger partial charge in [-0.05, 0) is 46.7 Å². The Morgan fingerprint density at radius 1 is 0.878 bits per heavy atom. The summed E-state index contributed by atoms with van der Waals surface area (Å²) in [6.07, 6.45) is 1.11. The molecule has 0 saturated heterocycles. The summed E-state index contributed by atoms with van der Waals surface area (Å²) in [5.74, 6) is 0.204. The molecule has 4 aromatic rings. The number of aromatic nitrogens is 2. The molecule has 0 aliphatic heterocycles. The summed E-state index contributed by atoms with van der Waals surface area (Å²) >= 11 is 1.09. The zero-order chi connectivity index (χ0) is 29.7. The van der Waals surface area contributed by atoms with Crippen molar-refractivity contribution < 1.29 is 31.0 Å². The third kappa shape index (κ3) is 7.52. The minimum atomic E-state index is -4.09. The Kier molecular flexibility index (Phi) is 9.17. The third-order valence-corrected chi connectivity index (χ3v) is 9.92. The fourth-order valence-corrected chi connectivity index (χ4v) is 6.63. The number of nitrogens with one attached hydrogen (secondary N) is 2. The van der Waals surface area contributed by atoms with E-state index in [4.69, 9.17) is 14.2 Å². The summed E-state index contributed by atoms with van der Waals surface area (Å²) in [4.78, 5) is 8.24. The number of anilines is 1. The van der Waals surface area contributed by atoms with Gasteiger partial charge in [-0.2, -0.15) is 4.98 Å². The molecular weight excluding hydrogens is 589 g/mol. The van der Waals surface area contributed by atoms with E-state index in [0.29, 0.717) is 5.75 Å². The van der Waals surface area contributed by atoms with Gasteiger partial charge < -0.3 is 14.2 Å². The first-order valence-electron chi connectivity index (χ1n) is 12.4. The monoisotopic (exact) mass is 618 g/mol. The molecule has 41 heavy (non-hydrogen) atoms. The highest BCUT2D eigenvalue weighted by Gasteiger charge is 2.24. The molecule has 218 valence electrons. The van der Waals surface area contributed by atoms with Crippen molar-refractivity contribution in [1.29, 1.82) is 0 Å². The summed E-state index contributed by atoms with van der Waals surface area (Å²) in [5.41, 5.74) is 0.826. The van der Waals surface area contributed by atoms with Gasteiger partial charge in [-0.25, -0.2) is 26.5 Å². The molecule has 11 nitrogen and oxygen atoms in total. The van der Waals surface area contributed by atoms with E-state index in [1.54, 1.807) is 47.8 Å². The second kappa shape index (κ2) is 12.4. The number of sulfonamides is 2. The Bertz CT molecular complexity index is 1690. The lowest BCUT2D eigenvalue weighted by Gasteiger charge is -2.19. The topological polar surface area (TPSA) is 146 Å². The first kappa shape index (κ1) is 30.2. The number of hydrogen-bond donors (Lipinski definition) is 2. The van der Waals surface area contributed by atoms with Crippen LogP contribution in [0, 0.1) is 0 Å². The van der Waals surface area contributed by atoms with Gasteiger partial charge in [0, 0.05) is 6.54 Å². The molecule has 0 bridgehead atoms. The van der Waals surface area contributed by atoms with Crippen molar-refractivity contribution in [3.8, 4) is 23.1 Å². The molecule has 2 aromatic carbocycles. The largest absolute Gasteiger partial charge is 0.493 e. The standard InChI is InChI=1S/C27H30N4O7S3/c1-27(2,3)19-11-13-20(14-12-19)40(32,33)31-25-24(38-22-9-6-5-8-21(22)36-4)26(29-18-28-25)37-16-15-30-41(34,35)23-10-7-17-39-23/h5-14,17-18,30H,15-16H2,1-4H3,(H,28,29,31). The molecule has 0 atom stereocenters. The van der Waals surface area contributed by atoms with Crippen LogP contribution in [0.2, 0.25) is 0 Å². The van der Waals surface area contributed by atoms with Crippen LogP contribution < -0.4 is 23.7 Å². The Labute approximate surface area is 243 Å². The number of thiophene rings is 1. The van der Waals surface area contributed by atoms with Crippen molar-refractivity contribution in [1.82, 2.24) is 14.7 Å². The maximum atomic E-state index is 13.3. The molecule has 0 radical (unpaired) electrons. The molecule has 0 amide bonds. The highest BCUT2D eigenvalue weighted by molar-refractivity contribution is 7.92. The van der Waals surface area contributed by atoms with E-state index in [9.17, 15) is 16.8 Å². The van der Waals surface area contributed by atoms with Crippen molar-refractivity contribution in [2.45, 2.75) is 35.3 Å². The van der Waals surface area contributed by atoms with Crippen LogP contribution in [0.1, 0.15) is 26.3 Å². The van der Waals surface area contributed by atoms with E-state index < -0.39 is 20.0 Å². The first-order chi connectivity index (χ1) is 19.4. The molecule has 2 heterocycles. The number of rotatable bonds is 12. The van der Waals surface area contributed by atoms with Gasteiger partial charge in [0.2, 0.25) is 15.8 Å².